The second kappa shape index (κ2) is 2.62. The van der Waals surface area contributed by atoms with Crippen molar-refractivity contribution in [2.45, 2.75) is 6.92 Å². The third-order valence-corrected chi connectivity index (χ3v) is 2.10. The Morgan fingerprint density at radius 3 is 2.69 bits per heavy atom. The Balaban J connectivity index is 2.81. The van der Waals surface area contributed by atoms with E-state index in [0.717, 1.165) is 10.9 Å². The molecule has 0 saturated carbocycles. The summed E-state index contributed by atoms with van der Waals surface area (Å²) < 4.78 is 0. The molecule has 0 atom stereocenters. The van der Waals surface area contributed by atoms with Crippen LogP contribution in [0.1, 0.15) is 17.4 Å². The number of rotatable bonds is 1. The van der Waals surface area contributed by atoms with Crippen LogP contribution in [-0.4, -0.2) is 10.8 Å². The summed E-state index contributed by atoms with van der Waals surface area (Å²) in [6, 6.07) is 7.60. The van der Waals surface area contributed by atoms with Gasteiger partial charge in [0.05, 0.1) is 5.69 Å². The summed E-state index contributed by atoms with van der Waals surface area (Å²) >= 11 is 0. The number of aromatic nitrogens is 1. The minimum absolute atomic E-state index is 0.0336. The third kappa shape index (κ3) is 1.09. The standard InChI is InChI=1S/C10H10N2O/c1-6(13)10-9(11)7-4-2-3-5-8(7)12-10/h2-5,12H,11H2,1H3. The van der Waals surface area contributed by atoms with Crippen LogP contribution in [0.2, 0.25) is 0 Å². The van der Waals surface area contributed by atoms with E-state index in [2.05, 4.69) is 4.98 Å². The molecule has 0 aliphatic rings. The molecule has 3 nitrogen and oxygen atoms in total. The summed E-state index contributed by atoms with van der Waals surface area (Å²) in [5.41, 5.74) is 7.74. The minimum Gasteiger partial charge on any atom is -0.396 e. The number of fused-ring (bicyclic) bond motifs is 1. The molecule has 0 radical (unpaired) electrons. The van der Waals surface area contributed by atoms with Crippen molar-refractivity contribution in [3.05, 3.63) is 30.0 Å². The van der Waals surface area contributed by atoms with Gasteiger partial charge in [0, 0.05) is 17.8 Å². The zero-order valence-corrected chi connectivity index (χ0v) is 7.29. The van der Waals surface area contributed by atoms with Gasteiger partial charge in [-0.15, -0.1) is 0 Å². The molecule has 1 aromatic carbocycles. The van der Waals surface area contributed by atoms with Crippen LogP contribution in [0.15, 0.2) is 24.3 Å². The molecule has 1 aromatic heterocycles. The molecular formula is C10H10N2O. The summed E-state index contributed by atoms with van der Waals surface area (Å²) in [5.74, 6) is -0.0336. The number of Topliss-reactive ketones (excluding diaryl/α,β-unsaturated/α-hetero) is 1. The highest BCUT2D eigenvalue weighted by molar-refractivity contribution is 6.07. The average molecular weight is 174 g/mol. The lowest BCUT2D eigenvalue weighted by Gasteiger charge is -1.91. The molecule has 0 aliphatic carbocycles. The molecule has 2 aromatic rings. The van der Waals surface area contributed by atoms with Crippen LogP contribution in [0, 0.1) is 0 Å². The molecule has 0 aliphatic heterocycles. The number of carbonyl (C=O) groups is 1. The Kier molecular flexibility index (Phi) is 1.59. The number of nitrogens with two attached hydrogens (primary N) is 1. The van der Waals surface area contributed by atoms with E-state index in [4.69, 9.17) is 5.73 Å². The molecule has 1 heterocycles. The fourth-order valence-electron chi connectivity index (χ4n) is 1.44. The first kappa shape index (κ1) is 7.86. The summed E-state index contributed by atoms with van der Waals surface area (Å²) in [6.07, 6.45) is 0. The highest BCUT2D eigenvalue weighted by Crippen LogP contribution is 2.24. The van der Waals surface area contributed by atoms with Crippen LogP contribution >= 0.6 is 0 Å². The van der Waals surface area contributed by atoms with E-state index in [9.17, 15) is 4.79 Å². The maximum Gasteiger partial charge on any atom is 0.178 e. The van der Waals surface area contributed by atoms with Crippen LogP contribution in [0.5, 0.6) is 0 Å². The molecule has 66 valence electrons. The molecule has 2 rings (SSSR count). The number of benzene rings is 1. The number of H-pyrrole nitrogens is 1. The lowest BCUT2D eigenvalue weighted by atomic mass is 10.2. The molecule has 0 bridgehead atoms. The second-order valence-corrected chi connectivity index (χ2v) is 3.02. The number of nitrogens with one attached hydrogen (secondary N) is 1. The molecule has 13 heavy (non-hydrogen) atoms. The highest BCUT2D eigenvalue weighted by atomic mass is 16.1. The largest absolute Gasteiger partial charge is 0.396 e. The fraction of sp³-hybridized carbons (Fsp3) is 0.100. The molecule has 3 heteroatoms. The van der Waals surface area contributed by atoms with Gasteiger partial charge in [0.15, 0.2) is 5.78 Å². The van der Waals surface area contributed by atoms with Crippen molar-refractivity contribution in [1.29, 1.82) is 0 Å². The van der Waals surface area contributed by atoms with Gasteiger partial charge in [0.2, 0.25) is 0 Å². The maximum atomic E-state index is 11.1. The molecule has 0 spiro atoms. The van der Waals surface area contributed by atoms with E-state index in [0.29, 0.717) is 11.4 Å². The highest BCUT2D eigenvalue weighted by Gasteiger charge is 2.10. The van der Waals surface area contributed by atoms with Gasteiger partial charge in [-0.2, -0.15) is 0 Å². The summed E-state index contributed by atoms with van der Waals surface area (Å²) in [5, 5.41) is 0.910. The fourth-order valence-corrected chi connectivity index (χ4v) is 1.44. The van der Waals surface area contributed by atoms with Crippen LogP contribution in [0.4, 0.5) is 5.69 Å². The molecule has 0 fully saturated rings. The van der Waals surface area contributed by atoms with E-state index in [1.54, 1.807) is 0 Å². The number of anilines is 1. The first-order valence-electron chi connectivity index (χ1n) is 4.07. The lowest BCUT2D eigenvalue weighted by Crippen LogP contribution is -1.97. The maximum absolute atomic E-state index is 11.1. The average Bonchev–Trinajstić information content (AvgIpc) is 2.45. The van der Waals surface area contributed by atoms with Crippen LogP contribution in [-0.2, 0) is 0 Å². The van der Waals surface area contributed by atoms with Crippen molar-refractivity contribution in [2.75, 3.05) is 5.73 Å². The van der Waals surface area contributed by atoms with Crippen LogP contribution < -0.4 is 5.73 Å². The van der Waals surface area contributed by atoms with E-state index in [1.807, 2.05) is 24.3 Å². The van der Waals surface area contributed by atoms with Gasteiger partial charge in [-0.1, -0.05) is 18.2 Å². The zero-order valence-electron chi connectivity index (χ0n) is 7.29. The van der Waals surface area contributed by atoms with Gasteiger partial charge in [-0.25, -0.2) is 0 Å². The first-order valence-corrected chi connectivity index (χ1v) is 4.07. The Morgan fingerprint density at radius 2 is 2.08 bits per heavy atom. The smallest absolute Gasteiger partial charge is 0.178 e. The van der Waals surface area contributed by atoms with Crippen molar-refractivity contribution in [3.8, 4) is 0 Å². The Labute approximate surface area is 75.6 Å². The number of carbonyl (C=O) groups excluding carboxylic acids is 1. The number of ketones is 1. The molecule has 0 amide bonds. The monoisotopic (exact) mass is 174 g/mol. The van der Waals surface area contributed by atoms with Gasteiger partial charge in [-0.3, -0.25) is 4.79 Å². The van der Waals surface area contributed by atoms with E-state index in [-0.39, 0.29) is 5.78 Å². The van der Waals surface area contributed by atoms with Crippen molar-refractivity contribution >= 4 is 22.4 Å². The van der Waals surface area contributed by atoms with Gasteiger partial charge in [0.25, 0.3) is 0 Å². The van der Waals surface area contributed by atoms with Crippen molar-refractivity contribution in [1.82, 2.24) is 4.98 Å². The van der Waals surface area contributed by atoms with Gasteiger partial charge in [0.1, 0.15) is 5.69 Å². The number of aromatic amines is 1. The first-order chi connectivity index (χ1) is 6.20. The Morgan fingerprint density at radius 1 is 1.38 bits per heavy atom. The van der Waals surface area contributed by atoms with Crippen molar-refractivity contribution in [2.24, 2.45) is 0 Å². The molecular weight excluding hydrogens is 164 g/mol. The molecule has 3 N–H and O–H groups in total. The molecule has 0 saturated heterocycles. The molecule has 0 unspecified atom stereocenters. The van der Waals surface area contributed by atoms with Crippen molar-refractivity contribution in [3.63, 3.8) is 0 Å². The Hall–Kier alpha value is -1.77. The summed E-state index contributed by atoms with van der Waals surface area (Å²) in [7, 11) is 0. The minimum atomic E-state index is -0.0336. The normalized spacial score (nSPS) is 10.5. The predicted molar refractivity (Wildman–Crippen MR) is 52.7 cm³/mol. The number of nitrogen functional groups attached to an aromatic ring is 1. The van der Waals surface area contributed by atoms with Gasteiger partial charge < -0.3 is 10.7 Å². The van der Waals surface area contributed by atoms with Crippen LogP contribution in [0.25, 0.3) is 10.9 Å². The van der Waals surface area contributed by atoms with E-state index in [1.165, 1.54) is 6.92 Å². The summed E-state index contributed by atoms with van der Waals surface area (Å²) in [4.78, 5) is 14.1. The second-order valence-electron chi connectivity index (χ2n) is 3.02. The Bertz CT molecular complexity index is 471. The third-order valence-electron chi connectivity index (χ3n) is 2.10. The topological polar surface area (TPSA) is 58.9 Å². The quantitative estimate of drug-likeness (QED) is 0.649. The van der Waals surface area contributed by atoms with Gasteiger partial charge in [-0.05, 0) is 6.07 Å². The number of para-hydroxylation sites is 1. The van der Waals surface area contributed by atoms with Gasteiger partial charge >= 0.3 is 0 Å². The zero-order chi connectivity index (χ0) is 9.42. The summed E-state index contributed by atoms with van der Waals surface area (Å²) in [6.45, 7) is 1.50. The lowest BCUT2D eigenvalue weighted by molar-refractivity contribution is 0.101. The predicted octanol–water partition coefficient (Wildman–Crippen LogP) is 1.95. The van der Waals surface area contributed by atoms with E-state index >= 15 is 0 Å². The van der Waals surface area contributed by atoms with Crippen molar-refractivity contribution < 1.29 is 4.79 Å². The van der Waals surface area contributed by atoms with Crippen LogP contribution in [0.3, 0.4) is 0 Å². The SMILES string of the molecule is CC(=O)c1[nH]c2ccccc2c1N. The number of hydrogen-bond acceptors (Lipinski definition) is 2. The van der Waals surface area contributed by atoms with E-state index < -0.39 is 0 Å². The number of hydrogen-bond donors (Lipinski definition) is 2.